The summed E-state index contributed by atoms with van der Waals surface area (Å²) in [4.78, 5) is 0. The molecule has 0 amide bonds. The van der Waals surface area contributed by atoms with Crippen molar-refractivity contribution >= 4 is 27.7 Å². The first-order valence-electron chi connectivity index (χ1n) is 7.93. The monoisotopic (exact) mass is 369 g/mol. The van der Waals surface area contributed by atoms with Crippen molar-refractivity contribution in [2.24, 2.45) is 0 Å². The number of ether oxygens (including phenoxy) is 1. The first-order chi connectivity index (χ1) is 10.3. The zero-order chi connectivity index (χ0) is 14.5. The predicted octanol–water partition coefficient (Wildman–Crippen LogP) is 3.98. The van der Waals surface area contributed by atoms with Crippen molar-refractivity contribution in [2.75, 3.05) is 31.3 Å². The zero-order valence-electron chi connectivity index (χ0n) is 12.4. The van der Waals surface area contributed by atoms with E-state index in [1.807, 2.05) is 0 Å². The summed E-state index contributed by atoms with van der Waals surface area (Å²) in [6.45, 7) is 2.85. The van der Waals surface area contributed by atoms with Crippen molar-refractivity contribution in [1.29, 1.82) is 0 Å². The number of hydrogen-bond donors (Lipinski definition) is 1. The van der Waals surface area contributed by atoms with Crippen LogP contribution in [-0.4, -0.2) is 37.3 Å². The molecule has 2 heterocycles. The van der Waals surface area contributed by atoms with Gasteiger partial charge in [0.1, 0.15) is 0 Å². The van der Waals surface area contributed by atoms with Crippen molar-refractivity contribution in [3.63, 3.8) is 0 Å². The van der Waals surface area contributed by atoms with E-state index >= 15 is 0 Å². The van der Waals surface area contributed by atoms with Crippen LogP contribution in [0.25, 0.3) is 0 Å². The van der Waals surface area contributed by atoms with Gasteiger partial charge in [-0.3, -0.25) is 0 Å². The molecule has 1 N–H and O–H groups in total. The summed E-state index contributed by atoms with van der Waals surface area (Å²) in [5, 5.41) is 3.87. The first kappa shape index (κ1) is 15.9. The van der Waals surface area contributed by atoms with E-state index < -0.39 is 0 Å². The number of thioether (sulfide) groups is 1. The molecule has 0 aliphatic carbocycles. The average molecular weight is 370 g/mol. The molecule has 116 valence electrons. The zero-order valence-corrected chi connectivity index (χ0v) is 14.8. The quantitative estimate of drug-likeness (QED) is 0.866. The molecule has 2 aliphatic rings. The summed E-state index contributed by atoms with van der Waals surface area (Å²) >= 11 is 5.72. The van der Waals surface area contributed by atoms with Gasteiger partial charge in [0.15, 0.2) is 0 Å². The third-order valence-corrected chi connectivity index (χ3v) is 6.38. The smallest absolute Gasteiger partial charge is 0.0475 e. The Morgan fingerprint density at radius 1 is 1.24 bits per heavy atom. The van der Waals surface area contributed by atoms with Gasteiger partial charge >= 0.3 is 0 Å². The van der Waals surface area contributed by atoms with E-state index in [0.29, 0.717) is 6.04 Å². The molecule has 0 aromatic heterocycles. The fraction of sp³-hybridized carbons (Fsp3) is 0.647. The van der Waals surface area contributed by atoms with Gasteiger partial charge in [0.25, 0.3) is 0 Å². The predicted molar refractivity (Wildman–Crippen MR) is 94.2 cm³/mol. The fourth-order valence-corrected chi connectivity index (χ4v) is 4.90. The number of rotatable bonds is 4. The molecule has 3 rings (SSSR count). The summed E-state index contributed by atoms with van der Waals surface area (Å²) in [5.41, 5.74) is 1.70. The van der Waals surface area contributed by atoms with Crippen molar-refractivity contribution in [2.45, 2.75) is 37.1 Å². The lowest BCUT2D eigenvalue weighted by molar-refractivity contribution is 0.0487. The van der Waals surface area contributed by atoms with Gasteiger partial charge in [-0.1, -0.05) is 28.1 Å². The lowest BCUT2D eigenvalue weighted by Crippen LogP contribution is -2.46. The van der Waals surface area contributed by atoms with Crippen LogP contribution in [0.3, 0.4) is 0 Å². The minimum atomic E-state index is 0.243. The van der Waals surface area contributed by atoms with Gasteiger partial charge in [0.05, 0.1) is 0 Å². The highest BCUT2D eigenvalue weighted by atomic mass is 79.9. The van der Waals surface area contributed by atoms with Gasteiger partial charge in [-0.2, -0.15) is 11.8 Å². The molecule has 2 saturated heterocycles. The van der Waals surface area contributed by atoms with E-state index in [0.717, 1.165) is 32.6 Å². The fourth-order valence-electron chi connectivity index (χ4n) is 3.39. The molecule has 4 heteroatoms. The van der Waals surface area contributed by atoms with Gasteiger partial charge < -0.3 is 10.1 Å². The molecule has 2 fully saturated rings. The van der Waals surface area contributed by atoms with Crippen LogP contribution < -0.4 is 5.32 Å². The van der Waals surface area contributed by atoms with Crippen molar-refractivity contribution < 1.29 is 4.74 Å². The Labute approximate surface area is 140 Å². The van der Waals surface area contributed by atoms with E-state index in [-0.39, 0.29) is 5.41 Å². The van der Waals surface area contributed by atoms with Crippen LogP contribution in [0.5, 0.6) is 0 Å². The van der Waals surface area contributed by atoms with Crippen LogP contribution in [0.4, 0.5) is 0 Å². The summed E-state index contributed by atoms with van der Waals surface area (Å²) in [5.74, 6) is 2.62. The molecular weight excluding hydrogens is 346 g/mol. The van der Waals surface area contributed by atoms with E-state index in [1.54, 1.807) is 0 Å². The van der Waals surface area contributed by atoms with Crippen LogP contribution in [0.1, 0.15) is 31.2 Å². The van der Waals surface area contributed by atoms with Crippen LogP contribution in [0, 0.1) is 0 Å². The number of benzene rings is 1. The van der Waals surface area contributed by atoms with E-state index in [2.05, 4.69) is 57.3 Å². The minimum absolute atomic E-state index is 0.243. The number of nitrogens with one attached hydrogen (secondary N) is 1. The summed E-state index contributed by atoms with van der Waals surface area (Å²) < 4.78 is 6.81. The van der Waals surface area contributed by atoms with Crippen molar-refractivity contribution in [3.05, 3.63) is 34.3 Å². The molecule has 2 aliphatic heterocycles. The normalized spacial score (nSPS) is 23.1. The summed E-state index contributed by atoms with van der Waals surface area (Å²) in [7, 11) is 0. The van der Waals surface area contributed by atoms with Gasteiger partial charge in [-0.05, 0) is 54.9 Å². The molecule has 0 spiro atoms. The first-order valence-corrected chi connectivity index (χ1v) is 9.88. The van der Waals surface area contributed by atoms with Gasteiger partial charge in [0.2, 0.25) is 0 Å². The maximum absolute atomic E-state index is 5.63. The second-order valence-corrected chi connectivity index (χ2v) is 8.31. The molecule has 0 bridgehead atoms. The van der Waals surface area contributed by atoms with Crippen molar-refractivity contribution in [1.82, 2.24) is 5.32 Å². The molecular formula is C17H24BrNOS. The topological polar surface area (TPSA) is 21.3 Å². The lowest BCUT2D eigenvalue weighted by Gasteiger charge is -2.39. The highest BCUT2D eigenvalue weighted by Gasteiger charge is 2.35. The minimum Gasteiger partial charge on any atom is -0.381 e. The van der Waals surface area contributed by atoms with Crippen molar-refractivity contribution in [3.8, 4) is 0 Å². The Morgan fingerprint density at radius 3 is 2.71 bits per heavy atom. The Hall–Kier alpha value is -0.0300. The Bertz CT molecular complexity index is 456. The largest absolute Gasteiger partial charge is 0.381 e. The molecule has 0 unspecified atom stereocenters. The van der Waals surface area contributed by atoms with E-state index in [9.17, 15) is 0 Å². The van der Waals surface area contributed by atoms with E-state index in [1.165, 1.54) is 34.4 Å². The van der Waals surface area contributed by atoms with Gasteiger partial charge in [0, 0.05) is 35.7 Å². The van der Waals surface area contributed by atoms with Gasteiger partial charge in [-0.15, -0.1) is 0 Å². The maximum Gasteiger partial charge on any atom is 0.0475 e. The highest BCUT2D eigenvalue weighted by Crippen LogP contribution is 2.36. The van der Waals surface area contributed by atoms with Crippen LogP contribution in [-0.2, 0) is 10.2 Å². The lowest BCUT2D eigenvalue weighted by atomic mass is 9.74. The molecule has 0 saturated carbocycles. The van der Waals surface area contributed by atoms with Crippen LogP contribution in [0.2, 0.25) is 0 Å². The van der Waals surface area contributed by atoms with Gasteiger partial charge in [-0.25, -0.2) is 0 Å². The molecule has 0 radical (unpaired) electrons. The second-order valence-electron chi connectivity index (χ2n) is 6.17. The third-order valence-electron chi connectivity index (χ3n) is 4.84. The summed E-state index contributed by atoms with van der Waals surface area (Å²) in [6.07, 6.45) is 4.88. The Balaban J connectivity index is 1.73. The molecule has 0 atom stereocenters. The molecule has 2 nitrogen and oxygen atoms in total. The SMILES string of the molecule is Brc1cccc(C2(CNC3CCSCC3)CCOCC2)c1. The van der Waals surface area contributed by atoms with Crippen LogP contribution >= 0.6 is 27.7 Å². The standard InChI is InChI=1S/C17H24BrNOS/c18-15-3-1-2-14(12-15)17(6-8-20-9-7-17)13-19-16-4-10-21-11-5-16/h1-3,12,16,19H,4-11,13H2. The Kier molecular flexibility index (Phi) is 5.66. The molecule has 1 aromatic carbocycles. The third kappa shape index (κ3) is 4.04. The molecule has 21 heavy (non-hydrogen) atoms. The van der Waals surface area contributed by atoms with Crippen LogP contribution in [0.15, 0.2) is 28.7 Å². The summed E-state index contributed by atoms with van der Waals surface area (Å²) in [6, 6.07) is 9.56. The highest BCUT2D eigenvalue weighted by molar-refractivity contribution is 9.10. The maximum atomic E-state index is 5.63. The Morgan fingerprint density at radius 2 is 2.00 bits per heavy atom. The average Bonchev–Trinajstić information content (AvgIpc) is 2.55. The van der Waals surface area contributed by atoms with E-state index in [4.69, 9.17) is 4.74 Å². The number of hydrogen-bond acceptors (Lipinski definition) is 3. The number of halogens is 1. The second kappa shape index (κ2) is 7.49. The molecule has 1 aromatic rings.